The lowest BCUT2D eigenvalue weighted by Crippen LogP contribution is -2.59. The molecule has 0 aromatic carbocycles. The van der Waals surface area contributed by atoms with Crippen LogP contribution in [0.4, 0.5) is 9.59 Å². The Morgan fingerprint density at radius 2 is 1.47 bits per heavy atom. The summed E-state index contributed by atoms with van der Waals surface area (Å²) in [6.45, 7) is 21.4. The molecule has 1 unspecified atom stereocenters. The van der Waals surface area contributed by atoms with Crippen molar-refractivity contribution in [3.8, 4) is 0 Å². The third-order valence-corrected chi connectivity index (χ3v) is 10.4. The van der Waals surface area contributed by atoms with E-state index in [0.717, 1.165) is 11.3 Å². The van der Waals surface area contributed by atoms with Gasteiger partial charge < -0.3 is 24.2 Å². The van der Waals surface area contributed by atoms with E-state index in [1.807, 2.05) is 20.8 Å². The second-order valence-electron chi connectivity index (χ2n) is 15.1. The van der Waals surface area contributed by atoms with Crippen LogP contribution in [0.2, 0.25) is 0 Å². The van der Waals surface area contributed by atoms with Gasteiger partial charge in [0, 0.05) is 25.0 Å². The highest BCUT2D eigenvalue weighted by molar-refractivity contribution is 7.80. The van der Waals surface area contributed by atoms with E-state index in [-0.39, 0.29) is 36.9 Å². The molecular formula is C34H65N5O9S. The molecule has 3 aliphatic heterocycles. The molecule has 0 spiro atoms. The van der Waals surface area contributed by atoms with Gasteiger partial charge in [-0.3, -0.25) is 14.2 Å². The van der Waals surface area contributed by atoms with Gasteiger partial charge in [0.2, 0.25) is 0 Å². The minimum atomic E-state index is -4.87. The second-order valence-corrected chi connectivity index (χ2v) is 16.1. The average Bonchev–Trinajstić information content (AvgIpc) is 3.27. The van der Waals surface area contributed by atoms with Crippen molar-refractivity contribution in [2.24, 2.45) is 11.3 Å². The fourth-order valence-electron chi connectivity index (χ4n) is 7.67. The first kappa shape index (κ1) is 43.0. The number of piperidine rings is 2. The van der Waals surface area contributed by atoms with Crippen molar-refractivity contribution < 1.29 is 46.1 Å². The standard InChI is InChI=1S/C18H30N4O9S.C16H36N/c1-18(2,3)14-11(5-4-8-20(14)17(25)26)10-30-19-15(23)13-7-6-12-9-21(13)16(24)22(12)31-32(27,28)29;1-5-9-13-17(14-10-6-2,15-11-7-3)16-12-8-4/h11-14H,4-10H2,1-3H3,(H,19,23)(H,25,26)(H,27,28,29);5-16H2,1-4H3/q;+1/p-1/t11-,12+,13-,14?;/m0./s1. The first-order chi connectivity index (χ1) is 23.0. The zero-order valence-corrected chi connectivity index (χ0v) is 32.0. The molecule has 49 heavy (non-hydrogen) atoms. The number of unbranched alkanes of at least 4 members (excludes halogenated alkanes) is 4. The number of urea groups is 1. The number of nitrogens with one attached hydrogen (secondary N) is 1. The molecule has 4 amide bonds. The Hall–Kier alpha value is -2.20. The predicted molar refractivity (Wildman–Crippen MR) is 185 cm³/mol. The van der Waals surface area contributed by atoms with Gasteiger partial charge >= 0.3 is 16.4 Å². The summed E-state index contributed by atoms with van der Waals surface area (Å²) in [6.07, 6.45) is 11.7. The van der Waals surface area contributed by atoms with Gasteiger partial charge in [0.05, 0.1) is 38.8 Å². The molecule has 3 fully saturated rings. The van der Waals surface area contributed by atoms with E-state index in [1.54, 1.807) is 0 Å². The minimum Gasteiger partial charge on any atom is -0.530 e. The lowest BCUT2D eigenvalue weighted by molar-refractivity contribution is -0.929. The van der Waals surface area contributed by atoms with Crippen molar-refractivity contribution >= 4 is 28.4 Å². The summed E-state index contributed by atoms with van der Waals surface area (Å²) in [5.74, 6) is -0.741. The number of fused-ring (bicyclic) bond motifs is 2. The normalized spacial score (nSPS) is 22.9. The average molecular weight is 720 g/mol. The monoisotopic (exact) mass is 719 g/mol. The number of hydrogen-bond acceptors (Lipinski definition) is 8. The molecule has 0 saturated carbocycles. The Labute approximate surface area is 295 Å². The highest BCUT2D eigenvalue weighted by Gasteiger charge is 2.49. The van der Waals surface area contributed by atoms with E-state index in [9.17, 15) is 27.9 Å². The van der Waals surface area contributed by atoms with E-state index < -0.39 is 40.5 Å². The number of hydrogen-bond donors (Lipinski definition) is 2. The predicted octanol–water partition coefficient (Wildman–Crippen LogP) is 4.51. The molecule has 3 saturated heterocycles. The molecule has 15 heteroatoms. The summed E-state index contributed by atoms with van der Waals surface area (Å²) in [7, 11) is -4.87. The summed E-state index contributed by atoms with van der Waals surface area (Å²) >= 11 is 0. The maximum Gasteiger partial charge on any atom is 0.418 e. The van der Waals surface area contributed by atoms with Gasteiger partial charge in [-0.25, -0.2) is 10.3 Å². The van der Waals surface area contributed by atoms with Crippen LogP contribution in [-0.4, -0.2) is 114 Å². The van der Waals surface area contributed by atoms with Gasteiger partial charge in [-0.05, 0) is 56.8 Å². The molecule has 286 valence electrons. The summed E-state index contributed by atoms with van der Waals surface area (Å²) in [6, 6.07) is -2.67. The number of carboxylic acid groups (broad SMARTS) is 1. The SMILES string of the molecule is CC(C)(C)C1[C@H](CONC(=O)[C@@H]2CC[C@@H]3CN2C(=O)N3OS(=O)(=O)O)CCCN1C(=O)[O-].CCCC[N+](CCCC)(CCCC)CCCC. The van der Waals surface area contributed by atoms with Crippen molar-refractivity contribution in [2.45, 2.75) is 144 Å². The van der Waals surface area contributed by atoms with E-state index in [1.165, 1.54) is 86.9 Å². The summed E-state index contributed by atoms with van der Waals surface area (Å²) in [4.78, 5) is 44.5. The van der Waals surface area contributed by atoms with Crippen LogP contribution in [0.3, 0.4) is 0 Å². The quantitative estimate of drug-likeness (QED) is 0.118. The third-order valence-electron chi connectivity index (χ3n) is 10.1. The van der Waals surface area contributed by atoms with Gasteiger partial charge in [-0.2, -0.15) is 13.5 Å². The molecule has 3 aliphatic rings. The number of quaternary nitrogens is 1. The van der Waals surface area contributed by atoms with Crippen LogP contribution in [-0.2, 0) is 24.3 Å². The van der Waals surface area contributed by atoms with Gasteiger partial charge in [-0.15, -0.1) is 4.28 Å². The lowest BCUT2D eigenvalue weighted by Gasteiger charge is -2.49. The van der Waals surface area contributed by atoms with Crippen LogP contribution in [0.1, 0.15) is 126 Å². The van der Waals surface area contributed by atoms with Crippen LogP contribution >= 0.6 is 0 Å². The van der Waals surface area contributed by atoms with E-state index >= 15 is 0 Å². The topological polar surface area (TPSA) is 169 Å². The van der Waals surface area contributed by atoms with Crippen LogP contribution in [0.15, 0.2) is 0 Å². The smallest absolute Gasteiger partial charge is 0.418 e. The number of carbonyl (C=O) groups is 3. The number of carbonyl (C=O) groups excluding carboxylic acids is 3. The molecule has 3 rings (SSSR count). The third kappa shape index (κ3) is 13.1. The second kappa shape index (κ2) is 20.0. The zero-order chi connectivity index (χ0) is 36.8. The van der Waals surface area contributed by atoms with Gasteiger partial charge in [0.15, 0.2) is 0 Å². The lowest BCUT2D eigenvalue weighted by atomic mass is 9.74. The van der Waals surface area contributed by atoms with Crippen LogP contribution < -0.4 is 10.6 Å². The minimum absolute atomic E-state index is 0.0712. The molecule has 2 bridgehead atoms. The number of likely N-dealkylation sites (tertiary alicyclic amines) is 1. The molecule has 14 nitrogen and oxygen atoms in total. The number of rotatable bonds is 18. The number of nitrogens with zero attached hydrogens (tertiary/aromatic N) is 4. The van der Waals surface area contributed by atoms with E-state index in [4.69, 9.17) is 9.39 Å². The van der Waals surface area contributed by atoms with Crippen LogP contribution in [0, 0.1) is 11.3 Å². The maximum absolute atomic E-state index is 12.6. The molecule has 0 aromatic rings. The Morgan fingerprint density at radius 3 is 1.92 bits per heavy atom. The van der Waals surface area contributed by atoms with E-state index in [0.29, 0.717) is 24.4 Å². The molecular weight excluding hydrogens is 654 g/mol. The Bertz CT molecular complexity index is 1110. The summed E-state index contributed by atoms with van der Waals surface area (Å²) < 4.78 is 36.5. The highest BCUT2D eigenvalue weighted by atomic mass is 32.3. The first-order valence-corrected chi connectivity index (χ1v) is 19.9. The van der Waals surface area contributed by atoms with Crippen LogP contribution in [0.5, 0.6) is 0 Å². The van der Waals surface area contributed by atoms with Crippen molar-refractivity contribution in [1.82, 2.24) is 20.3 Å². The fraction of sp³-hybridized carbons (Fsp3) is 0.912. The van der Waals surface area contributed by atoms with Gasteiger partial charge in [-0.1, -0.05) is 74.1 Å². The van der Waals surface area contributed by atoms with Crippen molar-refractivity contribution in [3.63, 3.8) is 0 Å². The summed E-state index contributed by atoms with van der Waals surface area (Å²) in [5, 5.41) is 12.1. The largest absolute Gasteiger partial charge is 0.530 e. The zero-order valence-electron chi connectivity index (χ0n) is 31.2. The number of hydroxylamine groups is 3. The molecule has 4 atom stereocenters. The molecule has 3 heterocycles. The van der Waals surface area contributed by atoms with Crippen molar-refractivity contribution in [2.75, 3.05) is 45.9 Å². The first-order valence-electron chi connectivity index (χ1n) is 18.5. The fourth-order valence-corrected chi connectivity index (χ4v) is 8.05. The Kier molecular flexibility index (Phi) is 17.5. The molecule has 0 radical (unpaired) electrons. The van der Waals surface area contributed by atoms with Crippen molar-refractivity contribution in [1.29, 1.82) is 0 Å². The van der Waals surface area contributed by atoms with Crippen molar-refractivity contribution in [3.05, 3.63) is 0 Å². The maximum atomic E-state index is 12.6. The van der Waals surface area contributed by atoms with Crippen LogP contribution in [0.25, 0.3) is 0 Å². The molecule has 0 aliphatic carbocycles. The molecule has 0 aromatic heterocycles. The van der Waals surface area contributed by atoms with E-state index in [2.05, 4.69) is 37.5 Å². The Balaban J connectivity index is 0.000000417. The molecule has 2 N–H and O–H groups in total. The van der Waals surface area contributed by atoms with Gasteiger partial charge in [0.25, 0.3) is 5.91 Å². The van der Waals surface area contributed by atoms with Gasteiger partial charge in [0.1, 0.15) is 12.1 Å². The summed E-state index contributed by atoms with van der Waals surface area (Å²) in [5.41, 5.74) is 1.98. The number of amides is 4. The Morgan fingerprint density at radius 1 is 0.939 bits per heavy atom. The highest BCUT2D eigenvalue weighted by Crippen LogP contribution is 2.36.